The predicted octanol–water partition coefficient (Wildman–Crippen LogP) is 3.80. The highest BCUT2D eigenvalue weighted by atomic mass is 35.5. The predicted molar refractivity (Wildman–Crippen MR) is 84.1 cm³/mol. The van der Waals surface area contributed by atoms with Gasteiger partial charge in [0.2, 0.25) is 0 Å². The second kappa shape index (κ2) is 7.05. The molecule has 1 heterocycles. The smallest absolute Gasteiger partial charge is 0.127 e. The molecular weight excluding hydrogens is 289 g/mol. The molecule has 114 valence electrons. The Labute approximate surface area is 130 Å². The molecule has 1 N–H and O–H groups in total. The largest absolute Gasteiger partial charge is 0.308 e. The number of aryl methyl sites for hydroxylation is 2. The third-order valence-electron chi connectivity index (χ3n) is 3.48. The summed E-state index contributed by atoms with van der Waals surface area (Å²) in [5.74, 6) is -0.260. The Morgan fingerprint density at radius 3 is 2.71 bits per heavy atom. The maximum absolute atomic E-state index is 14.0. The Morgan fingerprint density at radius 2 is 2.14 bits per heavy atom. The first-order valence-electron chi connectivity index (χ1n) is 7.19. The molecule has 0 spiro atoms. The van der Waals surface area contributed by atoms with Crippen molar-refractivity contribution in [1.82, 2.24) is 15.1 Å². The molecule has 0 saturated carbocycles. The molecule has 3 nitrogen and oxygen atoms in total. The molecule has 1 atom stereocenters. The molecule has 1 aromatic heterocycles. The van der Waals surface area contributed by atoms with Crippen molar-refractivity contribution in [3.05, 3.63) is 52.1 Å². The van der Waals surface area contributed by atoms with E-state index in [1.165, 1.54) is 6.07 Å². The zero-order valence-electron chi connectivity index (χ0n) is 12.7. The van der Waals surface area contributed by atoms with Gasteiger partial charge in [-0.05, 0) is 50.1 Å². The van der Waals surface area contributed by atoms with Crippen LogP contribution in [-0.2, 0) is 13.5 Å². The number of hydrogen-bond acceptors (Lipinski definition) is 2. The summed E-state index contributed by atoms with van der Waals surface area (Å²) in [4.78, 5) is 0. The summed E-state index contributed by atoms with van der Waals surface area (Å²) in [6.45, 7) is 4.95. The maximum atomic E-state index is 14.0. The molecule has 1 unspecified atom stereocenters. The van der Waals surface area contributed by atoms with Crippen LogP contribution in [0.25, 0.3) is 0 Å². The van der Waals surface area contributed by atoms with Gasteiger partial charge in [-0.3, -0.25) is 4.68 Å². The van der Waals surface area contributed by atoms with Crippen LogP contribution in [0.2, 0.25) is 5.02 Å². The molecule has 0 radical (unpaired) electrons. The number of halogens is 2. The first-order chi connectivity index (χ1) is 10.0. The molecule has 1 aromatic carbocycles. The number of hydrogen-bond donors (Lipinski definition) is 1. The summed E-state index contributed by atoms with van der Waals surface area (Å²) in [6.07, 6.45) is 1.60. The minimum atomic E-state index is -0.260. The molecule has 21 heavy (non-hydrogen) atoms. The molecule has 0 fully saturated rings. The van der Waals surface area contributed by atoms with Crippen LogP contribution in [0.4, 0.5) is 4.39 Å². The Kier molecular flexibility index (Phi) is 5.37. The zero-order chi connectivity index (χ0) is 15.4. The van der Waals surface area contributed by atoms with Gasteiger partial charge in [0.05, 0.1) is 17.4 Å². The van der Waals surface area contributed by atoms with E-state index in [4.69, 9.17) is 11.6 Å². The maximum Gasteiger partial charge on any atom is 0.127 e. The van der Waals surface area contributed by atoms with E-state index in [9.17, 15) is 4.39 Å². The van der Waals surface area contributed by atoms with E-state index in [0.29, 0.717) is 17.0 Å². The molecule has 0 amide bonds. The second-order valence-electron chi connectivity index (χ2n) is 5.28. The van der Waals surface area contributed by atoms with Crippen molar-refractivity contribution in [2.24, 2.45) is 7.05 Å². The molecule has 0 aliphatic carbocycles. The normalized spacial score (nSPS) is 12.6. The van der Waals surface area contributed by atoms with Gasteiger partial charge in [0.1, 0.15) is 5.82 Å². The van der Waals surface area contributed by atoms with Crippen molar-refractivity contribution in [2.75, 3.05) is 6.54 Å². The van der Waals surface area contributed by atoms with Crippen molar-refractivity contribution in [3.63, 3.8) is 0 Å². The van der Waals surface area contributed by atoms with Gasteiger partial charge in [-0.2, -0.15) is 5.10 Å². The van der Waals surface area contributed by atoms with Crippen LogP contribution in [0.3, 0.4) is 0 Å². The minimum Gasteiger partial charge on any atom is -0.308 e. The minimum absolute atomic E-state index is 0.0341. The van der Waals surface area contributed by atoms with E-state index >= 15 is 0 Å². The Bertz CT molecular complexity index is 610. The molecule has 0 aliphatic rings. The lowest BCUT2D eigenvalue weighted by molar-refractivity contribution is 0.482. The van der Waals surface area contributed by atoms with Gasteiger partial charge in [0, 0.05) is 12.1 Å². The number of rotatable bonds is 6. The van der Waals surface area contributed by atoms with E-state index in [2.05, 4.69) is 17.3 Å². The van der Waals surface area contributed by atoms with Gasteiger partial charge in [-0.25, -0.2) is 4.39 Å². The summed E-state index contributed by atoms with van der Waals surface area (Å²) >= 11 is 5.81. The van der Waals surface area contributed by atoms with Crippen LogP contribution in [0, 0.1) is 12.7 Å². The standard InChI is InChI=1S/C16H21ClFN3/c1-4-7-19-15(16-8-11(2)20-21(16)3)9-12-5-6-13(17)10-14(12)18/h5-6,8,10,15,19H,4,7,9H2,1-3H3. The fourth-order valence-electron chi connectivity index (χ4n) is 2.46. The Balaban J connectivity index is 2.26. The Morgan fingerprint density at radius 1 is 1.38 bits per heavy atom. The van der Waals surface area contributed by atoms with E-state index in [1.807, 2.05) is 24.7 Å². The number of aromatic nitrogens is 2. The van der Waals surface area contributed by atoms with E-state index in [-0.39, 0.29) is 11.9 Å². The van der Waals surface area contributed by atoms with Crippen LogP contribution >= 0.6 is 11.6 Å². The van der Waals surface area contributed by atoms with Crippen molar-refractivity contribution in [3.8, 4) is 0 Å². The average molecular weight is 310 g/mol. The van der Waals surface area contributed by atoms with Gasteiger partial charge in [0.25, 0.3) is 0 Å². The highest BCUT2D eigenvalue weighted by Gasteiger charge is 2.18. The fourth-order valence-corrected chi connectivity index (χ4v) is 2.62. The summed E-state index contributed by atoms with van der Waals surface area (Å²) in [5.41, 5.74) is 2.69. The van der Waals surface area contributed by atoms with Gasteiger partial charge in [-0.1, -0.05) is 24.6 Å². The number of benzene rings is 1. The first kappa shape index (κ1) is 16.0. The van der Waals surface area contributed by atoms with E-state index in [1.54, 1.807) is 12.1 Å². The van der Waals surface area contributed by atoms with Crippen LogP contribution in [0.5, 0.6) is 0 Å². The molecule has 0 bridgehead atoms. The summed E-state index contributed by atoms with van der Waals surface area (Å²) in [5, 5.41) is 8.27. The number of nitrogens with zero attached hydrogens (tertiary/aromatic N) is 2. The quantitative estimate of drug-likeness (QED) is 0.879. The molecule has 0 saturated heterocycles. The molecule has 2 rings (SSSR count). The lowest BCUT2D eigenvalue weighted by Gasteiger charge is -2.19. The van der Waals surface area contributed by atoms with Crippen molar-refractivity contribution in [1.29, 1.82) is 0 Å². The molecular formula is C16H21ClFN3. The third kappa shape index (κ3) is 4.05. The van der Waals surface area contributed by atoms with Gasteiger partial charge >= 0.3 is 0 Å². The lowest BCUT2D eigenvalue weighted by atomic mass is 10.0. The SMILES string of the molecule is CCCNC(Cc1ccc(Cl)cc1F)c1cc(C)nn1C. The third-order valence-corrected chi connectivity index (χ3v) is 3.71. The van der Waals surface area contributed by atoms with Crippen molar-refractivity contribution in [2.45, 2.75) is 32.7 Å². The van der Waals surface area contributed by atoms with Crippen LogP contribution in [0.1, 0.15) is 36.3 Å². The molecule has 0 aliphatic heterocycles. The lowest BCUT2D eigenvalue weighted by Crippen LogP contribution is -2.26. The fraction of sp³-hybridized carbons (Fsp3) is 0.438. The van der Waals surface area contributed by atoms with Crippen molar-refractivity contribution >= 4 is 11.6 Å². The van der Waals surface area contributed by atoms with Gasteiger partial charge < -0.3 is 5.32 Å². The van der Waals surface area contributed by atoms with E-state index < -0.39 is 0 Å². The highest BCUT2D eigenvalue weighted by molar-refractivity contribution is 6.30. The monoisotopic (exact) mass is 309 g/mol. The van der Waals surface area contributed by atoms with E-state index in [0.717, 1.165) is 24.4 Å². The first-order valence-corrected chi connectivity index (χ1v) is 7.57. The summed E-state index contributed by atoms with van der Waals surface area (Å²) in [6, 6.07) is 6.92. The van der Waals surface area contributed by atoms with Gasteiger partial charge in [-0.15, -0.1) is 0 Å². The molecule has 2 aromatic rings. The number of nitrogens with one attached hydrogen (secondary N) is 1. The topological polar surface area (TPSA) is 29.9 Å². The zero-order valence-corrected chi connectivity index (χ0v) is 13.4. The highest BCUT2D eigenvalue weighted by Crippen LogP contribution is 2.22. The molecule has 5 heteroatoms. The average Bonchev–Trinajstić information content (AvgIpc) is 2.76. The summed E-state index contributed by atoms with van der Waals surface area (Å²) in [7, 11) is 1.92. The van der Waals surface area contributed by atoms with Gasteiger partial charge in [0.15, 0.2) is 0 Å². The summed E-state index contributed by atoms with van der Waals surface area (Å²) < 4.78 is 15.9. The van der Waals surface area contributed by atoms with Crippen LogP contribution in [0.15, 0.2) is 24.3 Å². The Hall–Kier alpha value is -1.39. The second-order valence-corrected chi connectivity index (χ2v) is 5.72. The van der Waals surface area contributed by atoms with Crippen molar-refractivity contribution < 1.29 is 4.39 Å². The van der Waals surface area contributed by atoms with Crippen LogP contribution < -0.4 is 5.32 Å². The van der Waals surface area contributed by atoms with Crippen LogP contribution in [-0.4, -0.2) is 16.3 Å².